The standard InChI is InChI=1S/C19H19N3OS2/c1-14-8-10-17(11-9-14)24-13-18-20-21-19(25-12-15(2)23)22(18)16-6-4-3-5-7-16/h3-11H,12-13H2,1-2H3. The summed E-state index contributed by atoms with van der Waals surface area (Å²) in [5.74, 6) is 2.12. The third kappa shape index (κ3) is 4.74. The minimum absolute atomic E-state index is 0.128. The fourth-order valence-corrected chi connectivity index (χ4v) is 3.85. The number of hydrogen-bond donors (Lipinski definition) is 0. The first-order chi connectivity index (χ1) is 12.1. The minimum Gasteiger partial charge on any atom is -0.299 e. The van der Waals surface area contributed by atoms with Crippen LogP contribution in [-0.4, -0.2) is 26.3 Å². The zero-order valence-electron chi connectivity index (χ0n) is 14.2. The van der Waals surface area contributed by atoms with Gasteiger partial charge in [-0.15, -0.1) is 22.0 Å². The van der Waals surface area contributed by atoms with Crippen LogP contribution in [0.3, 0.4) is 0 Å². The van der Waals surface area contributed by atoms with Gasteiger partial charge in [0.25, 0.3) is 0 Å². The van der Waals surface area contributed by atoms with Gasteiger partial charge in [0.15, 0.2) is 5.16 Å². The second-order valence-corrected chi connectivity index (χ2v) is 7.65. The molecule has 0 aliphatic heterocycles. The van der Waals surface area contributed by atoms with Crippen LogP contribution in [0, 0.1) is 6.92 Å². The van der Waals surface area contributed by atoms with E-state index < -0.39 is 0 Å². The van der Waals surface area contributed by atoms with Crippen molar-refractivity contribution in [2.24, 2.45) is 0 Å². The Morgan fingerprint density at radius 3 is 2.40 bits per heavy atom. The Bertz CT molecular complexity index is 845. The van der Waals surface area contributed by atoms with Crippen molar-refractivity contribution in [1.29, 1.82) is 0 Å². The number of aromatic nitrogens is 3. The molecule has 6 heteroatoms. The Morgan fingerprint density at radius 2 is 1.72 bits per heavy atom. The molecule has 0 N–H and O–H groups in total. The molecule has 0 fully saturated rings. The number of para-hydroxylation sites is 1. The summed E-state index contributed by atoms with van der Waals surface area (Å²) in [6.45, 7) is 3.67. The molecule has 128 valence electrons. The van der Waals surface area contributed by atoms with Gasteiger partial charge in [-0.3, -0.25) is 9.36 Å². The Balaban J connectivity index is 1.85. The predicted molar refractivity (Wildman–Crippen MR) is 104 cm³/mol. The lowest BCUT2D eigenvalue weighted by Gasteiger charge is -2.10. The number of Topliss-reactive ketones (excluding diaryl/α,β-unsaturated/α-hetero) is 1. The molecule has 1 aromatic heterocycles. The Hall–Kier alpha value is -2.05. The van der Waals surface area contributed by atoms with Crippen LogP contribution in [0.2, 0.25) is 0 Å². The number of hydrogen-bond acceptors (Lipinski definition) is 5. The summed E-state index contributed by atoms with van der Waals surface area (Å²) >= 11 is 3.15. The summed E-state index contributed by atoms with van der Waals surface area (Å²) in [7, 11) is 0. The summed E-state index contributed by atoms with van der Waals surface area (Å²) in [6, 6.07) is 18.5. The molecule has 3 rings (SSSR count). The van der Waals surface area contributed by atoms with Crippen LogP contribution in [-0.2, 0) is 10.5 Å². The van der Waals surface area contributed by atoms with E-state index in [0.29, 0.717) is 11.5 Å². The molecule has 0 radical (unpaired) electrons. The zero-order chi connectivity index (χ0) is 17.6. The Labute approximate surface area is 156 Å². The van der Waals surface area contributed by atoms with Crippen molar-refractivity contribution in [1.82, 2.24) is 14.8 Å². The average Bonchev–Trinajstić information content (AvgIpc) is 3.03. The molecule has 0 bridgehead atoms. The van der Waals surface area contributed by atoms with E-state index in [1.165, 1.54) is 22.2 Å². The highest BCUT2D eigenvalue weighted by Crippen LogP contribution is 2.27. The van der Waals surface area contributed by atoms with Crippen molar-refractivity contribution in [2.45, 2.75) is 29.7 Å². The molecule has 0 unspecified atom stereocenters. The maximum absolute atomic E-state index is 11.3. The van der Waals surface area contributed by atoms with Gasteiger partial charge in [-0.05, 0) is 38.1 Å². The van der Waals surface area contributed by atoms with Crippen molar-refractivity contribution in [3.63, 3.8) is 0 Å². The molecule has 0 saturated carbocycles. The smallest absolute Gasteiger partial charge is 0.196 e. The number of carbonyl (C=O) groups excluding carboxylic acids is 1. The first-order valence-electron chi connectivity index (χ1n) is 7.95. The normalized spacial score (nSPS) is 10.8. The molecular weight excluding hydrogens is 350 g/mol. The summed E-state index contributed by atoms with van der Waals surface area (Å²) in [5.41, 5.74) is 2.26. The van der Waals surface area contributed by atoms with Gasteiger partial charge in [0.2, 0.25) is 0 Å². The molecule has 4 nitrogen and oxygen atoms in total. The quantitative estimate of drug-likeness (QED) is 0.572. The van der Waals surface area contributed by atoms with Gasteiger partial charge in [0, 0.05) is 10.6 Å². The minimum atomic E-state index is 0.128. The molecule has 0 amide bonds. The summed E-state index contributed by atoms with van der Waals surface area (Å²) in [6.07, 6.45) is 0. The Kier molecular flexibility index (Phi) is 5.94. The van der Waals surface area contributed by atoms with Crippen LogP contribution < -0.4 is 0 Å². The van der Waals surface area contributed by atoms with Gasteiger partial charge in [0.05, 0.1) is 11.5 Å². The number of thioether (sulfide) groups is 2. The highest BCUT2D eigenvalue weighted by molar-refractivity contribution is 7.99. The number of aryl methyl sites for hydroxylation is 1. The lowest BCUT2D eigenvalue weighted by Crippen LogP contribution is -2.03. The summed E-state index contributed by atoms with van der Waals surface area (Å²) < 4.78 is 2.04. The van der Waals surface area contributed by atoms with Crippen LogP contribution in [0.4, 0.5) is 0 Å². The first-order valence-corrected chi connectivity index (χ1v) is 9.92. The molecule has 0 aliphatic carbocycles. The van der Waals surface area contributed by atoms with Crippen molar-refractivity contribution in [2.75, 3.05) is 5.75 Å². The van der Waals surface area contributed by atoms with E-state index in [1.807, 2.05) is 34.9 Å². The van der Waals surface area contributed by atoms with E-state index in [9.17, 15) is 4.79 Å². The second kappa shape index (κ2) is 8.36. The molecule has 25 heavy (non-hydrogen) atoms. The number of rotatable bonds is 7. The number of benzene rings is 2. The lowest BCUT2D eigenvalue weighted by molar-refractivity contribution is -0.114. The van der Waals surface area contributed by atoms with Gasteiger partial charge in [-0.25, -0.2) is 0 Å². The fourth-order valence-electron chi connectivity index (χ4n) is 2.27. The largest absolute Gasteiger partial charge is 0.299 e. The zero-order valence-corrected chi connectivity index (χ0v) is 15.8. The van der Waals surface area contributed by atoms with E-state index in [2.05, 4.69) is 41.4 Å². The monoisotopic (exact) mass is 369 g/mol. The molecular formula is C19H19N3OS2. The van der Waals surface area contributed by atoms with E-state index >= 15 is 0 Å². The molecule has 0 saturated heterocycles. The van der Waals surface area contributed by atoms with E-state index in [-0.39, 0.29) is 5.78 Å². The predicted octanol–water partition coefficient (Wildman–Crippen LogP) is 4.55. The van der Waals surface area contributed by atoms with Crippen molar-refractivity contribution in [3.8, 4) is 5.69 Å². The van der Waals surface area contributed by atoms with Crippen LogP contribution in [0.15, 0.2) is 64.6 Å². The SMILES string of the molecule is CC(=O)CSc1nnc(CSc2ccc(C)cc2)n1-c1ccccc1. The van der Waals surface area contributed by atoms with E-state index in [1.54, 1.807) is 18.7 Å². The van der Waals surface area contributed by atoms with E-state index in [4.69, 9.17) is 0 Å². The van der Waals surface area contributed by atoms with Crippen molar-refractivity contribution in [3.05, 3.63) is 66.0 Å². The molecule has 0 atom stereocenters. The van der Waals surface area contributed by atoms with Gasteiger partial charge >= 0.3 is 0 Å². The first kappa shape index (κ1) is 17.8. The summed E-state index contributed by atoms with van der Waals surface area (Å²) in [4.78, 5) is 12.5. The van der Waals surface area contributed by atoms with Gasteiger partial charge in [0.1, 0.15) is 11.6 Å². The van der Waals surface area contributed by atoms with Gasteiger partial charge < -0.3 is 0 Å². The van der Waals surface area contributed by atoms with Crippen LogP contribution in [0.5, 0.6) is 0 Å². The van der Waals surface area contributed by atoms with Crippen LogP contribution in [0.25, 0.3) is 5.69 Å². The van der Waals surface area contributed by atoms with Crippen LogP contribution >= 0.6 is 23.5 Å². The molecule has 0 spiro atoms. The highest BCUT2D eigenvalue weighted by Gasteiger charge is 2.15. The third-order valence-corrected chi connectivity index (χ3v) is 5.59. The number of nitrogens with zero attached hydrogens (tertiary/aromatic N) is 3. The molecule has 3 aromatic rings. The highest BCUT2D eigenvalue weighted by atomic mass is 32.2. The van der Waals surface area contributed by atoms with Gasteiger partial charge in [-0.2, -0.15) is 0 Å². The van der Waals surface area contributed by atoms with Crippen LogP contribution in [0.1, 0.15) is 18.3 Å². The third-order valence-electron chi connectivity index (χ3n) is 3.51. The fraction of sp³-hybridized carbons (Fsp3) is 0.211. The maximum Gasteiger partial charge on any atom is 0.196 e. The number of carbonyl (C=O) groups is 1. The molecule has 1 heterocycles. The maximum atomic E-state index is 11.3. The number of ketones is 1. The van der Waals surface area contributed by atoms with E-state index in [0.717, 1.165) is 16.7 Å². The molecule has 0 aliphatic rings. The molecule has 2 aromatic carbocycles. The second-order valence-electron chi connectivity index (χ2n) is 5.66. The lowest BCUT2D eigenvalue weighted by atomic mass is 10.2. The topological polar surface area (TPSA) is 47.8 Å². The Morgan fingerprint density at radius 1 is 1.00 bits per heavy atom. The summed E-state index contributed by atoms with van der Waals surface area (Å²) in [5, 5.41) is 9.42. The van der Waals surface area contributed by atoms with Crippen molar-refractivity contribution >= 4 is 29.3 Å². The van der Waals surface area contributed by atoms with Crippen molar-refractivity contribution < 1.29 is 4.79 Å². The average molecular weight is 370 g/mol. The van der Waals surface area contributed by atoms with Gasteiger partial charge in [-0.1, -0.05) is 47.7 Å².